The summed E-state index contributed by atoms with van der Waals surface area (Å²) >= 11 is 0. The zero-order valence-electron chi connectivity index (χ0n) is 17.3. The lowest BCUT2D eigenvalue weighted by molar-refractivity contribution is -0.141. The second-order valence-corrected chi connectivity index (χ2v) is 7.08. The molecule has 0 aliphatic carbocycles. The summed E-state index contributed by atoms with van der Waals surface area (Å²) in [6, 6.07) is 3.61. The lowest BCUT2D eigenvalue weighted by atomic mass is 10.1. The van der Waals surface area contributed by atoms with Gasteiger partial charge in [0.25, 0.3) is 0 Å². The molecule has 0 bridgehead atoms. The first-order valence-electron chi connectivity index (χ1n) is 9.52. The van der Waals surface area contributed by atoms with Crippen molar-refractivity contribution < 1.29 is 22.7 Å². The molecule has 0 aliphatic heterocycles. The van der Waals surface area contributed by atoms with E-state index in [0.29, 0.717) is 5.69 Å². The molecule has 1 aromatic carbocycles. The highest BCUT2D eigenvalue weighted by Gasteiger charge is 2.31. The van der Waals surface area contributed by atoms with Crippen molar-refractivity contribution in [2.45, 2.75) is 45.5 Å². The predicted molar refractivity (Wildman–Crippen MR) is 109 cm³/mol. The lowest BCUT2D eigenvalue weighted by Gasteiger charge is -2.17. The Morgan fingerprint density at radius 2 is 2.00 bits per heavy atom. The molecule has 1 aromatic heterocycles. The minimum atomic E-state index is -4.51. The van der Waals surface area contributed by atoms with Crippen LogP contribution in [-0.2, 0) is 15.7 Å². The number of esters is 1. The summed E-state index contributed by atoms with van der Waals surface area (Å²) in [5.74, 6) is -0.447. The highest BCUT2D eigenvalue weighted by Crippen LogP contribution is 2.34. The van der Waals surface area contributed by atoms with Crippen LogP contribution < -0.4 is 10.6 Å². The molecule has 1 heterocycles. The van der Waals surface area contributed by atoms with E-state index in [4.69, 9.17) is 4.74 Å². The summed E-state index contributed by atoms with van der Waals surface area (Å²) in [6.45, 7) is 6.07. The number of alkyl halides is 3. The van der Waals surface area contributed by atoms with Crippen LogP contribution in [0, 0.1) is 0 Å². The molecule has 7 nitrogen and oxygen atoms in total. The number of aromatic nitrogens is 3. The Labute approximate surface area is 173 Å². The largest absolute Gasteiger partial charge is 0.460 e. The van der Waals surface area contributed by atoms with Gasteiger partial charge in [0.15, 0.2) is 5.82 Å². The van der Waals surface area contributed by atoms with E-state index in [1.165, 1.54) is 23.3 Å². The molecule has 10 heteroatoms. The predicted octanol–water partition coefficient (Wildman–Crippen LogP) is 3.80. The SMILES string of the molecule is CNCCC(C)Nc1cc(-c2ncn(C=CC(=O)OC(C)C)n2)cc(C(F)(F)F)c1. The van der Waals surface area contributed by atoms with Crippen LogP contribution in [0.3, 0.4) is 0 Å². The average Bonchev–Trinajstić information content (AvgIpc) is 3.12. The van der Waals surface area contributed by atoms with Crippen molar-refractivity contribution in [1.82, 2.24) is 20.1 Å². The minimum Gasteiger partial charge on any atom is -0.460 e. The number of ether oxygens (including phenoxy) is 1. The van der Waals surface area contributed by atoms with Gasteiger partial charge >= 0.3 is 12.1 Å². The van der Waals surface area contributed by atoms with Crippen LogP contribution in [0.5, 0.6) is 0 Å². The first-order valence-corrected chi connectivity index (χ1v) is 9.52. The van der Waals surface area contributed by atoms with Crippen LogP contribution in [0.15, 0.2) is 30.6 Å². The first kappa shape index (κ1) is 23.4. The van der Waals surface area contributed by atoms with Crippen molar-refractivity contribution in [2.24, 2.45) is 0 Å². The van der Waals surface area contributed by atoms with E-state index in [-0.39, 0.29) is 23.5 Å². The Bertz CT molecular complexity index is 878. The van der Waals surface area contributed by atoms with Gasteiger partial charge in [0.1, 0.15) is 6.33 Å². The number of carbonyl (C=O) groups is 1. The summed E-state index contributed by atoms with van der Waals surface area (Å²) in [7, 11) is 1.81. The standard InChI is InChI=1S/C20H26F3N5O2/c1-13(2)30-18(29)6-8-28-12-25-19(27-28)15-9-16(20(21,22)23)11-17(10-15)26-14(3)5-7-24-4/h6,8-14,24,26H,5,7H2,1-4H3. The lowest BCUT2D eigenvalue weighted by Crippen LogP contribution is -2.21. The molecule has 0 saturated heterocycles. The highest BCUT2D eigenvalue weighted by atomic mass is 19.4. The van der Waals surface area contributed by atoms with Gasteiger partial charge in [-0.1, -0.05) is 0 Å². The van der Waals surface area contributed by atoms with Gasteiger partial charge in [0.2, 0.25) is 0 Å². The molecule has 0 amide bonds. The van der Waals surface area contributed by atoms with Crippen molar-refractivity contribution in [3.8, 4) is 11.4 Å². The van der Waals surface area contributed by atoms with Gasteiger partial charge in [-0.25, -0.2) is 14.5 Å². The zero-order chi connectivity index (χ0) is 22.3. The molecule has 30 heavy (non-hydrogen) atoms. The molecular weight excluding hydrogens is 399 g/mol. The maximum absolute atomic E-state index is 13.4. The average molecular weight is 425 g/mol. The van der Waals surface area contributed by atoms with Crippen molar-refractivity contribution in [3.63, 3.8) is 0 Å². The maximum atomic E-state index is 13.4. The second-order valence-electron chi connectivity index (χ2n) is 7.08. The smallest absolute Gasteiger partial charge is 0.416 e. The summed E-state index contributed by atoms with van der Waals surface area (Å²) < 4.78 is 46.3. The molecule has 2 N–H and O–H groups in total. The molecule has 0 saturated carbocycles. The summed E-state index contributed by atoms with van der Waals surface area (Å²) in [5, 5.41) is 10.2. The molecular formula is C20H26F3N5O2. The van der Waals surface area contributed by atoms with Crippen molar-refractivity contribution >= 4 is 17.9 Å². The van der Waals surface area contributed by atoms with Crippen molar-refractivity contribution in [1.29, 1.82) is 0 Å². The van der Waals surface area contributed by atoms with Crippen LogP contribution in [0.2, 0.25) is 0 Å². The third-order valence-corrected chi connectivity index (χ3v) is 3.98. The van der Waals surface area contributed by atoms with Crippen LogP contribution in [0.1, 0.15) is 32.8 Å². The number of nitrogens with zero attached hydrogens (tertiary/aromatic N) is 3. The van der Waals surface area contributed by atoms with E-state index in [0.717, 1.165) is 25.1 Å². The van der Waals surface area contributed by atoms with E-state index in [1.54, 1.807) is 19.9 Å². The normalized spacial score (nSPS) is 13.1. The number of rotatable bonds is 9. The quantitative estimate of drug-likeness (QED) is 0.470. The van der Waals surface area contributed by atoms with E-state index in [9.17, 15) is 18.0 Å². The number of hydrogen-bond donors (Lipinski definition) is 2. The maximum Gasteiger partial charge on any atom is 0.416 e. The number of nitrogens with one attached hydrogen (secondary N) is 2. The highest BCUT2D eigenvalue weighted by molar-refractivity contribution is 5.85. The zero-order valence-corrected chi connectivity index (χ0v) is 17.3. The number of benzene rings is 1. The van der Waals surface area contributed by atoms with Crippen LogP contribution in [-0.4, -0.2) is 46.5 Å². The van der Waals surface area contributed by atoms with E-state index in [2.05, 4.69) is 20.7 Å². The molecule has 2 aromatic rings. The van der Waals surface area contributed by atoms with Gasteiger partial charge in [-0.05, 0) is 59.0 Å². The minimum absolute atomic E-state index is 0.0331. The van der Waals surface area contributed by atoms with E-state index >= 15 is 0 Å². The third-order valence-electron chi connectivity index (χ3n) is 3.98. The van der Waals surface area contributed by atoms with Gasteiger partial charge in [-0.15, -0.1) is 5.10 Å². The van der Waals surface area contributed by atoms with Gasteiger partial charge in [0.05, 0.1) is 11.7 Å². The number of hydrogen-bond acceptors (Lipinski definition) is 6. The number of carbonyl (C=O) groups excluding carboxylic acids is 1. The molecule has 0 fully saturated rings. The first-order chi connectivity index (χ1) is 14.1. The number of halogens is 3. The number of anilines is 1. The molecule has 164 valence electrons. The topological polar surface area (TPSA) is 81.1 Å². The molecule has 1 unspecified atom stereocenters. The van der Waals surface area contributed by atoms with Crippen molar-refractivity contribution in [2.75, 3.05) is 18.9 Å². The summed E-state index contributed by atoms with van der Waals surface area (Å²) in [4.78, 5) is 15.6. The van der Waals surface area contributed by atoms with E-state index < -0.39 is 17.7 Å². The molecule has 0 radical (unpaired) electrons. The van der Waals surface area contributed by atoms with Crippen LogP contribution >= 0.6 is 0 Å². The summed E-state index contributed by atoms with van der Waals surface area (Å²) in [6.07, 6.45) is -0.234. The Hall–Kier alpha value is -2.88. The fourth-order valence-corrected chi connectivity index (χ4v) is 2.61. The monoisotopic (exact) mass is 425 g/mol. The Morgan fingerprint density at radius 1 is 1.27 bits per heavy atom. The third kappa shape index (κ3) is 7.18. The van der Waals surface area contributed by atoms with Crippen LogP contribution in [0.4, 0.5) is 18.9 Å². The Kier molecular flexibility index (Phi) is 7.99. The fraction of sp³-hybridized carbons (Fsp3) is 0.450. The Morgan fingerprint density at radius 3 is 2.63 bits per heavy atom. The Balaban J connectivity index is 2.27. The fourth-order valence-electron chi connectivity index (χ4n) is 2.61. The molecule has 0 spiro atoms. The molecule has 2 rings (SSSR count). The van der Waals surface area contributed by atoms with E-state index in [1.807, 2.05) is 14.0 Å². The second kappa shape index (κ2) is 10.2. The van der Waals surface area contributed by atoms with Gasteiger partial charge in [0, 0.05) is 29.6 Å². The van der Waals surface area contributed by atoms with Crippen LogP contribution in [0.25, 0.3) is 17.6 Å². The van der Waals surface area contributed by atoms with Gasteiger partial charge in [-0.3, -0.25) is 0 Å². The van der Waals surface area contributed by atoms with Gasteiger partial charge in [-0.2, -0.15) is 13.2 Å². The van der Waals surface area contributed by atoms with Gasteiger partial charge < -0.3 is 15.4 Å². The molecule has 0 aliphatic rings. The molecule has 1 atom stereocenters. The van der Waals surface area contributed by atoms with Crippen molar-refractivity contribution in [3.05, 3.63) is 36.2 Å². The summed E-state index contributed by atoms with van der Waals surface area (Å²) in [5.41, 5.74) is -0.253.